The van der Waals surface area contributed by atoms with E-state index in [9.17, 15) is 4.79 Å². The minimum absolute atomic E-state index is 0. The van der Waals surface area contributed by atoms with Gasteiger partial charge in [-0.1, -0.05) is 11.6 Å². The molecule has 1 aromatic heterocycles. The van der Waals surface area contributed by atoms with Crippen molar-refractivity contribution in [2.75, 3.05) is 6.54 Å². The van der Waals surface area contributed by atoms with Crippen molar-refractivity contribution in [1.29, 1.82) is 0 Å². The third kappa shape index (κ3) is 3.98. The molecule has 0 atom stereocenters. The number of halogens is 1. The average Bonchev–Trinajstić information content (AvgIpc) is 2.67. The number of nitrogens with one attached hydrogen (secondary N) is 1. The number of carbonyl (C=O) groups excluding carboxylic acids is 1. The Morgan fingerprint density at radius 3 is 2.68 bits per heavy atom. The first kappa shape index (κ1) is 15.5. The van der Waals surface area contributed by atoms with Crippen LogP contribution >= 0.6 is 12.4 Å². The molecule has 0 aliphatic rings. The molecule has 1 amide bonds. The number of hydrogen-bond donors (Lipinski definition) is 2. The molecule has 0 bridgehead atoms. The molecule has 1 heterocycles. The van der Waals surface area contributed by atoms with E-state index in [1.165, 1.54) is 0 Å². The zero-order valence-corrected chi connectivity index (χ0v) is 12.1. The van der Waals surface area contributed by atoms with Crippen molar-refractivity contribution in [2.45, 2.75) is 26.3 Å². The third-order valence-electron chi connectivity index (χ3n) is 2.60. The molecule has 0 spiro atoms. The van der Waals surface area contributed by atoms with Crippen molar-refractivity contribution in [2.24, 2.45) is 5.73 Å². The summed E-state index contributed by atoms with van der Waals surface area (Å²) in [6, 6.07) is 7.56. The van der Waals surface area contributed by atoms with Gasteiger partial charge in [0.1, 0.15) is 5.58 Å². The van der Waals surface area contributed by atoms with E-state index >= 15 is 0 Å². The molecule has 0 unspecified atom stereocenters. The van der Waals surface area contributed by atoms with Crippen molar-refractivity contribution >= 4 is 29.3 Å². The Morgan fingerprint density at radius 2 is 2.05 bits per heavy atom. The lowest BCUT2D eigenvalue weighted by molar-refractivity contribution is 0.0920. The number of amides is 1. The van der Waals surface area contributed by atoms with E-state index in [1.807, 2.05) is 39.0 Å². The lowest BCUT2D eigenvalue weighted by atomic mass is 10.1. The van der Waals surface area contributed by atoms with E-state index in [4.69, 9.17) is 10.2 Å². The predicted octanol–water partition coefficient (Wildman–Crippen LogP) is 2.63. The molecule has 2 rings (SSSR count). The molecule has 5 heteroatoms. The first-order chi connectivity index (χ1) is 8.35. The van der Waals surface area contributed by atoms with Crippen LogP contribution in [0.5, 0.6) is 0 Å². The summed E-state index contributed by atoms with van der Waals surface area (Å²) in [4.78, 5) is 11.9. The monoisotopic (exact) mass is 282 g/mol. The Morgan fingerprint density at radius 1 is 1.37 bits per heavy atom. The molecule has 0 aliphatic carbocycles. The minimum atomic E-state index is -0.432. The zero-order chi connectivity index (χ0) is 13.3. The van der Waals surface area contributed by atoms with Gasteiger partial charge in [0.2, 0.25) is 0 Å². The van der Waals surface area contributed by atoms with E-state index in [0.29, 0.717) is 12.3 Å². The Labute approximate surface area is 118 Å². The van der Waals surface area contributed by atoms with Gasteiger partial charge in [-0.3, -0.25) is 4.79 Å². The van der Waals surface area contributed by atoms with E-state index < -0.39 is 5.54 Å². The number of hydrogen-bond acceptors (Lipinski definition) is 3. The van der Waals surface area contributed by atoms with Crippen molar-refractivity contribution < 1.29 is 9.21 Å². The molecule has 19 heavy (non-hydrogen) atoms. The smallest absolute Gasteiger partial charge is 0.287 e. The Balaban J connectivity index is 0.00000180. The van der Waals surface area contributed by atoms with Crippen LogP contribution in [0, 0.1) is 6.92 Å². The minimum Gasteiger partial charge on any atom is -0.451 e. The fraction of sp³-hybridized carbons (Fsp3) is 0.357. The van der Waals surface area contributed by atoms with Crippen molar-refractivity contribution in [1.82, 2.24) is 5.32 Å². The number of furan rings is 1. The van der Waals surface area contributed by atoms with Gasteiger partial charge in [0, 0.05) is 17.5 Å². The number of rotatable bonds is 3. The fourth-order valence-corrected chi connectivity index (χ4v) is 1.67. The number of aryl methyl sites for hydroxylation is 1. The van der Waals surface area contributed by atoms with Crippen LogP contribution in [0.25, 0.3) is 11.0 Å². The molecular formula is C14H19ClN2O2. The quantitative estimate of drug-likeness (QED) is 0.909. The van der Waals surface area contributed by atoms with E-state index in [1.54, 1.807) is 6.07 Å². The van der Waals surface area contributed by atoms with Crippen molar-refractivity contribution in [3.05, 3.63) is 35.6 Å². The Bertz CT molecular complexity index is 585. The van der Waals surface area contributed by atoms with Gasteiger partial charge in [-0.25, -0.2) is 0 Å². The largest absolute Gasteiger partial charge is 0.451 e. The Hall–Kier alpha value is -1.52. The second-order valence-corrected chi connectivity index (χ2v) is 5.32. The molecule has 3 N–H and O–H groups in total. The summed E-state index contributed by atoms with van der Waals surface area (Å²) in [7, 11) is 0. The highest BCUT2D eigenvalue weighted by Gasteiger charge is 2.16. The van der Waals surface area contributed by atoms with E-state index in [-0.39, 0.29) is 18.3 Å². The van der Waals surface area contributed by atoms with Gasteiger partial charge in [0.25, 0.3) is 5.91 Å². The maximum absolute atomic E-state index is 11.9. The highest BCUT2D eigenvalue weighted by atomic mass is 35.5. The highest BCUT2D eigenvalue weighted by molar-refractivity contribution is 5.96. The summed E-state index contributed by atoms with van der Waals surface area (Å²) >= 11 is 0. The second kappa shape index (κ2) is 5.63. The van der Waals surface area contributed by atoms with Gasteiger partial charge in [0.05, 0.1) is 0 Å². The molecule has 0 radical (unpaired) electrons. The third-order valence-corrected chi connectivity index (χ3v) is 2.60. The summed E-state index contributed by atoms with van der Waals surface area (Å²) < 4.78 is 5.50. The van der Waals surface area contributed by atoms with Crippen LogP contribution in [0.15, 0.2) is 28.7 Å². The second-order valence-electron chi connectivity index (χ2n) is 5.32. The molecule has 0 aliphatic heterocycles. The molecule has 0 saturated heterocycles. The summed E-state index contributed by atoms with van der Waals surface area (Å²) in [6.07, 6.45) is 0. The molecular weight excluding hydrogens is 264 g/mol. The SMILES string of the molecule is Cc1ccc2oc(C(=O)NCC(C)(C)N)cc2c1.Cl. The van der Waals surface area contributed by atoms with Crippen LogP contribution in [0.3, 0.4) is 0 Å². The molecule has 2 aromatic rings. The molecule has 0 saturated carbocycles. The van der Waals surface area contributed by atoms with Gasteiger partial charge in [0.15, 0.2) is 5.76 Å². The number of fused-ring (bicyclic) bond motifs is 1. The van der Waals surface area contributed by atoms with Crippen molar-refractivity contribution in [3.8, 4) is 0 Å². The summed E-state index contributed by atoms with van der Waals surface area (Å²) in [5.74, 6) is 0.0854. The fourth-order valence-electron chi connectivity index (χ4n) is 1.67. The van der Waals surface area contributed by atoms with Gasteiger partial charge >= 0.3 is 0 Å². The van der Waals surface area contributed by atoms with Crippen molar-refractivity contribution in [3.63, 3.8) is 0 Å². The number of benzene rings is 1. The standard InChI is InChI=1S/C14H18N2O2.ClH/c1-9-4-5-11-10(6-9)7-12(18-11)13(17)16-8-14(2,3)15;/h4-7H,8,15H2,1-3H3,(H,16,17);1H. The maximum Gasteiger partial charge on any atom is 0.287 e. The Kier molecular flexibility index (Phi) is 4.61. The van der Waals surface area contributed by atoms with Gasteiger partial charge in [-0.15, -0.1) is 12.4 Å². The average molecular weight is 283 g/mol. The summed E-state index contributed by atoms with van der Waals surface area (Å²) in [5.41, 5.74) is 7.24. The molecule has 1 aromatic carbocycles. The molecule has 0 fully saturated rings. The van der Waals surface area contributed by atoms with Crippen LogP contribution < -0.4 is 11.1 Å². The highest BCUT2D eigenvalue weighted by Crippen LogP contribution is 2.20. The van der Waals surface area contributed by atoms with Crippen LogP contribution in [-0.4, -0.2) is 18.0 Å². The van der Waals surface area contributed by atoms with Crippen LogP contribution in [0.1, 0.15) is 30.0 Å². The van der Waals surface area contributed by atoms with E-state index in [0.717, 1.165) is 16.5 Å². The number of nitrogens with two attached hydrogens (primary N) is 1. The first-order valence-corrected chi connectivity index (χ1v) is 5.92. The first-order valence-electron chi connectivity index (χ1n) is 5.92. The molecule has 104 valence electrons. The van der Waals surface area contributed by atoms with Gasteiger partial charge in [-0.05, 0) is 39.0 Å². The molecule has 4 nitrogen and oxygen atoms in total. The van der Waals surface area contributed by atoms with Gasteiger partial charge in [-0.2, -0.15) is 0 Å². The number of carbonyl (C=O) groups is 1. The van der Waals surface area contributed by atoms with Crippen LogP contribution in [-0.2, 0) is 0 Å². The van der Waals surface area contributed by atoms with Gasteiger partial charge < -0.3 is 15.5 Å². The summed E-state index contributed by atoms with van der Waals surface area (Å²) in [5, 5.41) is 3.69. The lowest BCUT2D eigenvalue weighted by Gasteiger charge is -2.18. The van der Waals surface area contributed by atoms with E-state index in [2.05, 4.69) is 5.32 Å². The topological polar surface area (TPSA) is 68.3 Å². The zero-order valence-electron chi connectivity index (χ0n) is 11.3. The van der Waals surface area contributed by atoms with Crippen LogP contribution in [0.4, 0.5) is 0 Å². The van der Waals surface area contributed by atoms with Crippen LogP contribution in [0.2, 0.25) is 0 Å². The predicted molar refractivity (Wildman–Crippen MR) is 78.8 cm³/mol. The maximum atomic E-state index is 11.9. The summed E-state index contributed by atoms with van der Waals surface area (Å²) in [6.45, 7) is 6.12. The lowest BCUT2D eigenvalue weighted by Crippen LogP contribution is -2.45. The normalized spacial score (nSPS) is 11.2.